The Kier molecular flexibility index (Phi) is 3.67. The maximum Gasteiger partial charge on any atom is 0.438 e. The first-order valence-corrected chi connectivity index (χ1v) is 6.93. The molecule has 0 saturated heterocycles. The lowest BCUT2D eigenvalue weighted by Gasteiger charge is -2.13. The van der Waals surface area contributed by atoms with Crippen molar-refractivity contribution in [3.63, 3.8) is 0 Å². The highest BCUT2D eigenvalue weighted by Crippen LogP contribution is 2.36. The molecule has 0 aliphatic rings. The van der Waals surface area contributed by atoms with Crippen molar-refractivity contribution in [2.75, 3.05) is 0 Å². The molecule has 23 heavy (non-hydrogen) atoms. The molecule has 1 aromatic heterocycles. The van der Waals surface area contributed by atoms with E-state index < -0.39 is 17.8 Å². The van der Waals surface area contributed by atoms with Crippen LogP contribution in [-0.2, 0) is 6.18 Å². The molecule has 118 valence electrons. The summed E-state index contributed by atoms with van der Waals surface area (Å²) in [6.45, 7) is 3.69. The molecule has 3 nitrogen and oxygen atoms in total. The Labute approximate surface area is 130 Å². The van der Waals surface area contributed by atoms with Crippen LogP contribution in [0.25, 0.3) is 11.0 Å². The van der Waals surface area contributed by atoms with Crippen LogP contribution < -0.4 is 4.74 Å². The van der Waals surface area contributed by atoms with Crippen molar-refractivity contribution >= 4 is 11.0 Å². The Balaban J connectivity index is 2.14. The van der Waals surface area contributed by atoms with Crippen molar-refractivity contribution in [2.45, 2.75) is 20.0 Å². The monoisotopic (exact) mass is 318 g/mol. The standard InChI is InChI=1S/C17H13F3N2O/c1-10-7-11(2)9-12(8-10)23-16-15(17(18,19)20)21-13-5-3-4-6-14(13)22-16/h3-9H,1-2H3. The quantitative estimate of drug-likeness (QED) is 0.662. The third-order valence-corrected chi connectivity index (χ3v) is 3.22. The molecule has 3 aromatic rings. The van der Waals surface area contributed by atoms with Gasteiger partial charge in [0.1, 0.15) is 5.75 Å². The van der Waals surface area contributed by atoms with E-state index in [2.05, 4.69) is 9.97 Å². The molecule has 0 saturated carbocycles. The van der Waals surface area contributed by atoms with E-state index in [1.807, 2.05) is 19.9 Å². The average molecular weight is 318 g/mol. The Morgan fingerprint density at radius 1 is 0.870 bits per heavy atom. The minimum atomic E-state index is -4.65. The summed E-state index contributed by atoms with van der Waals surface area (Å²) in [5, 5.41) is 0. The smallest absolute Gasteiger partial charge is 0.437 e. The molecular weight excluding hydrogens is 305 g/mol. The zero-order chi connectivity index (χ0) is 16.6. The fraction of sp³-hybridized carbons (Fsp3) is 0.176. The Bertz CT molecular complexity index is 855. The molecule has 0 atom stereocenters. The van der Waals surface area contributed by atoms with Crippen LogP contribution in [0.1, 0.15) is 16.8 Å². The maximum absolute atomic E-state index is 13.3. The number of rotatable bonds is 2. The van der Waals surface area contributed by atoms with Gasteiger partial charge in [-0.25, -0.2) is 9.97 Å². The predicted octanol–water partition coefficient (Wildman–Crippen LogP) is 5.06. The lowest BCUT2D eigenvalue weighted by Crippen LogP contribution is -2.11. The first-order valence-electron chi connectivity index (χ1n) is 6.93. The van der Waals surface area contributed by atoms with Crippen LogP contribution in [0.5, 0.6) is 11.6 Å². The van der Waals surface area contributed by atoms with Gasteiger partial charge in [-0.2, -0.15) is 13.2 Å². The number of aromatic nitrogens is 2. The molecule has 6 heteroatoms. The van der Waals surface area contributed by atoms with Crippen LogP contribution in [0, 0.1) is 13.8 Å². The van der Waals surface area contributed by atoms with Crippen LogP contribution in [0.3, 0.4) is 0 Å². The Hall–Kier alpha value is -2.63. The fourth-order valence-electron chi connectivity index (χ4n) is 2.34. The molecule has 0 unspecified atom stereocenters. The number of nitrogens with zero attached hydrogens (tertiary/aromatic N) is 2. The number of halogens is 3. The highest BCUT2D eigenvalue weighted by atomic mass is 19.4. The molecule has 0 radical (unpaired) electrons. The highest BCUT2D eigenvalue weighted by Gasteiger charge is 2.38. The lowest BCUT2D eigenvalue weighted by atomic mass is 10.1. The van der Waals surface area contributed by atoms with Gasteiger partial charge in [-0.1, -0.05) is 18.2 Å². The molecule has 0 amide bonds. The van der Waals surface area contributed by atoms with Crippen LogP contribution in [0.15, 0.2) is 42.5 Å². The highest BCUT2D eigenvalue weighted by molar-refractivity contribution is 5.75. The number of hydrogen-bond acceptors (Lipinski definition) is 3. The van der Waals surface area contributed by atoms with E-state index in [1.165, 1.54) is 6.07 Å². The summed E-state index contributed by atoms with van der Waals surface area (Å²) in [5.41, 5.74) is 1.17. The van der Waals surface area contributed by atoms with E-state index in [9.17, 15) is 13.2 Å². The van der Waals surface area contributed by atoms with E-state index in [4.69, 9.17) is 4.74 Å². The average Bonchev–Trinajstić information content (AvgIpc) is 2.44. The van der Waals surface area contributed by atoms with Gasteiger partial charge < -0.3 is 4.74 Å². The number of ether oxygens (including phenoxy) is 1. The third kappa shape index (κ3) is 3.26. The van der Waals surface area contributed by atoms with Crippen LogP contribution in [0.4, 0.5) is 13.2 Å². The minimum Gasteiger partial charge on any atom is -0.437 e. The van der Waals surface area contributed by atoms with Crippen molar-refractivity contribution in [2.24, 2.45) is 0 Å². The second-order valence-corrected chi connectivity index (χ2v) is 5.29. The van der Waals surface area contributed by atoms with Crippen molar-refractivity contribution < 1.29 is 17.9 Å². The first-order chi connectivity index (χ1) is 10.8. The minimum absolute atomic E-state index is 0.174. The SMILES string of the molecule is Cc1cc(C)cc(Oc2nc3ccccc3nc2C(F)(F)F)c1. The first kappa shape index (κ1) is 15.3. The Morgan fingerprint density at radius 2 is 1.43 bits per heavy atom. The van der Waals surface area contributed by atoms with E-state index in [-0.39, 0.29) is 5.52 Å². The number of para-hydroxylation sites is 2. The van der Waals surface area contributed by atoms with Crippen LogP contribution >= 0.6 is 0 Å². The molecule has 0 bridgehead atoms. The zero-order valence-corrected chi connectivity index (χ0v) is 12.5. The summed E-state index contributed by atoms with van der Waals surface area (Å²) in [4.78, 5) is 7.67. The number of alkyl halides is 3. The molecule has 0 aliphatic carbocycles. The second-order valence-electron chi connectivity index (χ2n) is 5.29. The molecule has 1 heterocycles. The summed E-state index contributed by atoms with van der Waals surface area (Å²) in [6, 6.07) is 11.6. The topological polar surface area (TPSA) is 35.0 Å². The Morgan fingerprint density at radius 3 is 2.00 bits per heavy atom. The lowest BCUT2D eigenvalue weighted by molar-refractivity contribution is -0.142. The number of benzene rings is 2. The van der Waals surface area contributed by atoms with Gasteiger partial charge in [0, 0.05) is 0 Å². The molecular formula is C17H13F3N2O. The van der Waals surface area contributed by atoms with Crippen LogP contribution in [0.2, 0.25) is 0 Å². The van der Waals surface area contributed by atoms with Crippen molar-refractivity contribution in [1.82, 2.24) is 9.97 Å². The number of hydrogen-bond donors (Lipinski definition) is 0. The van der Waals surface area contributed by atoms with E-state index in [0.717, 1.165) is 11.1 Å². The third-order valence-electron chi connectivity index (χ3n) is 3.22. The van der Waals surface area contributed by atoms with Gasteiger partial charge in [0.2, 0.25) is 5.69 Å². The van der Waals surface area contributed by atoms with Crippen molar-refractivity contribution in [1.29, 1.82) is 0 Å². The molecule has 0 fully saturated rings. The van der Waals surface area contributed by atoms with E-state index >= 15 is 0 Å². The second kappa shape index (κ2) is 5.53. The fourth-order valence-corrected chi connectivity index (χ4v) is 2.34. The van der Waals surface area contributed by atoms with Gasteiger partial charge in [-0.05, 0) is 49.2 Å². The molecule has 3 rings (SSSR count). The van der Waals surface area contributed by atoms with E-state index in [0.29, 0.717) is 11.3 Å². The molecule has 0 N–H and O–H groups in total. The molecule has 2 aromatic carbocycles. The van der Waals surface area contributed by atoms with Gasteiger partial charge in [-0.3, -0.25) is 0 Å². The summed E-state index contributed by atoms with van der Waals surface area (Å²) in [7, 11) is 0. The summed E-state index contributed by atoms with van der Waals surface area (Å²) in [5.74, 6) is -0.237. The van der Waals surface area contributed by atoms with Crippen LogP contribution in [-0.4, -0.2) is 9.97 Å². The maximum atomic E-state index is 13.3. The van der Waals surface area contributed by atoms with Gasteiger partial charge in [0.25, 0.3) is 5.88 Å². The van der Waals surface area contributed by atoms with Gasteiger partial charge in [-0.15, -0.1) is 0 Å². The van der Waals surface area contributed by atoms with Gasteiger partial charge in [0.15, 0.2) is 0 Å². The largest absolute Gasteiger partial charge is 0.438 e. The summed E-state index contributed by atoms with van der Waals surface area (Å²) in [6.07, 6.45) is -4.65. The molecule has 0 spiro atoms. The normalized spacial score (nSPS) is 11.7. The number of fused-ring (bicyclic) bond motifs is 1. The summed E-state index contributed by atoms with van der Waals surface area (Å²) < 4.78 is 45.2. The van der Waals surface area contributed by atoms with E-state index in [1.54, 1.807) is 30.3 Å². The zero-order valence-electron chi connectivity index (χ0n) is 12.5. The molecule has 0 aliphatic heterocycles. The van der Waals surface area contributed by atoms with Crippen molar-refractivity contribution in [3.05, 3.63) is 59.3 Å². The van der Waals surface area contributed by atoms with Gasteiger partial charge >= 0.3 is 6.18 Å². The van der Waals surface area contributed by atoms with Gasteiger partial charge in [0.05, 0.1) is 11.0 Å². The summed E-state index contributed by atoms with van der Waals surface area (Å²) >= 11 is 0. The predicted molar refractivity (Wildman–Crippen MR) is 80.5 cm³/mol. The number of aryl methyl sites for hydroxylation is 2. The van der Waals surface area contributed by atoms with Crippen molar-refractivity contribution in [3.8, 4) is 11.6 Å².